The zero-order chi connectivity index (χ0) is 23.5. The molecule has 5 rings (SSSR count). The van der Waals surface area contributed by atoms with E-state index in [9.17, 15) is 4.79 Å². The molecular formula is C26H27N5O3. The van der Waals surface area contributed by atoms with Gasteiger partial charge < -0.3 is 23.8 Å². The topological polar surface area (TPSA) is 72.7 Å². The standard InChI is InChI=1S/C26H27N5O3/c1-33-21-9-7-20(8-10-21)29-13-15-30(16-14-29)26-27-17-22-23(28-26)11-12-31(25(22)32)18-19-5-3-4-6-24(19)34-2/h3-12,17H,13-16,18H2,1-2H3. The highest BCUT2D eigenvalue weighted by Crippen LogP contribution is 2.22. The van der Waals surface area contributed by atoms with E-state index in [4.69, 9.17) is 14.5 Å². The van der Waals surface area contributed by atoms with E-state index >= 15 is 0 Å². The van der Waals surface area contributed by atoms with Gasteiger partial charge in [-0.2, -0.15) is 0 Å². The summed E-state index contributed by atoms with van der Waals surface area (Å²) in [6.07, 6.45) is 3.43. The van der Waals surface area contributed by atoms with Gasteiger partial charge >= 0.3 is 0 Å². The third kappa shape index (κ3) is 4.26. The fourth-order valence-corrected chi connectivity index (χ4v) is 4.31. The van der Waals surface area contributed by atoms with Crippen molar-refractivity contribution in [3.8, 4) is 11.5 Å². The number of pyridine rings is 1. The zero-order valence-corrected chi connectivity index (χ0v) is 19.3. The van der Waals surface area contributed by atoms with Crippen LogP contribution in [0.3, 0.4) is 0 Å². The van der Waals surface area contributed by atoms with Crippen molar-refractivity contribution < 1.29 is 9.47 Å². The van der Waals surface area contributed by atoms with Gasteiger partial charge in [-0.3, -0.25) is 4.79 Å². The number of hydrogen-bond acceptors (Lipinski definition) is 7. The summed E-state index contributed by atoms with van der Waals surface area (Å²) in [7, 11) is 3.31. The maximum atomic E-state index is 13.1. The molecule has 0 atom stereocenters. The van der Waals surface area contributed by atoms with Gasteiger partial charge in [0.25, 0.3) is 5.56 Å². The van der Waals surface area contributed by atoms with E-state index in [0.29, 0.717) is 23.4 Å². The molecule has 2 aromatic carbocycles. The normalized spacial score (nSPS) is 13.8. The van der Waals surface area contributed by atoms with E-state index in [1.807, 2.05) is 42.5 Å². The van der Waals surface area contributed by atoms with Crippen molar-refractivity contribution >= 4 is 22.5 Å². The predicted molar refractivity (Wildman–Crippen MR) is 133 cm³/mol. The summed E-state index contributed by atoms with van der Waals surface area (Å²) < 4.78 is 12.3. The van der Waals surface area contributed by atoms with E-state index in [1.54, 1.807) is 31.2 Å². The molecule has 4 aromatic rings. The summed E-state index contributed by atoms with van der Waals surface area (Å²) in [5.74, 6) is 2.27. The second kappa shape index (κ2) is 9.43. The van der Waals surface area contributed by atoms with Crippen molar-refractivity contribution in [3.05, 3.63) is 82.9 Å². The van der Waals surface area contributed by atoms with Crippen LogP contribution in [0.2, 0.25) is 0 Å². The second-order valence-electron chi connectivity index (χ2n) is 8.20. The number of rotatable bonds is 6. The molecule has 2 aromatic heterocycles. The molecule has 0 bridgehead atoms. The fraction of sp³-hybridized carbons (Fsp3) is 0.269. The van der Waals surface area contributed by atoms with Crippen molar-refractivity contribution in [1.29, 1.82) is 0 Å². The Morgan fingerprint density at radius 3 is 2.35 bits per heavy atom. The monoisotopic (exact) mass is 457 g/mol. The summed E-state index contributed by atoms with van der Waals surface area (Å²) >= 11 is 0. The number of anilines is 2. The highest BCUT2D eigenvalue weighted by molar-refractivity contribution is 5.77. The Morgan fingerprint density at radius 1 is 0.882 bits per heavy atom. The van der Waals surface area contributed by atoms with Crippen molar-refractivity contribution in [2.75, 3.05) is 50.2 Å². The number of benzene rings is 2. The van der Waals surface area contributed by atoms with Gasteiger partial charge in [0.05, 0.1) is 31.7 Å². The van der Waals surface area contributed by atoms with Crippen LogP contribution in [-0.4, -0.2) is 54.9 Å². The van der Waals surface area contributed by atoms with Gasteiger partial charge in [-0.05, 0) is 36.4 Å². The molecule has 0 radical (unpaired) electrons. The number of nitrogens with zero attached hydrogens (tertiary/aromatic N) is 5. The molecule has 8 heteroatoms. The minimum Gasteiger partial charge on any atom is -0.497 e. The number of hydrogen-bond donors (Lipinski definition) is 0. The Labute approximate surface area is 198 Å². The van der Waals surface area contributed by atoms with E-state index in [2.05, 4.69) is 26.9 Å². The number of ether oxygens (including phenoxy) is 2. The first-order chi connectivity index (χ1) is 16.7. The third-order valence-corrected chi connectivity index (χ3v) is 6.24. The summed E-state index contributed by atoms with van der Waals surface area (Å²) in [6, 6.07) is 17.7. The quantitative estimate of drug-likeness (QED) is 0.440. The van der Waals surface area contributed by atoms with Crippen LogP contribution in [-0.2, 0) is 6.54 Å². The Morgan fingerprint density at radius 2 is 1.62 bits per heavy atom. The lowest BCUT2D eigenvalue weighted by Gasteiger charge is -2.36. The Kier molecular flexibility index (Phi) is 6.03. The molecule has 3 heterocycles. The van der Waals surface area contributed by atoms with E-state index in [1.165, 1.54) is 5.69 Å². The number of para-hydroxylation sites is 1. The average molecular weight is 458 g/mol. The highest BCUT2D eigenvalue weighted by atomic mass is 16.5. The molecular weight excluding hydrogens is 430 g/mol. The molecule has 1 aliphatic rings. The maximum Gasteiger partial charge on any atom is 0.261 e. The van der Waals surface area contributed by atoms with Crippen molar-refractivity contribution in [2.24, 2.45) is 0 Å². The maximum absolute atomic E-state index is 13.1. The van der Waals surface area contributed by atoms with Crippen LogP contribution in [0.15, 0.2) is 71.8 Å². The molecule has 1 fully saturated rings. The first-order valence-electron chi connectivity index (χ1n) is 11.3. The van der Waals surface area contributed by atoms with Crippen LogP contribution in [0.25, 0.3) is 10.9 Å². The zero-order valence-electron chi connectivity index (χ0n) is 19.3. The summed E-state index contributed by atoms with van der Waals surface area (Å²) in [5, 5.41) is 0.512. The minimum absolute atomic E-state index is 0.112. The van der Waals surface area contributed by atoms with Crippen LogP contribution in [0.4, 0.5) is 11.6 Å². The van der Waals surface area contributed by atoms with E-state index in [-0.39, 0.29) is 5.56 Å². The van der Waals surface area contributed by atoms with Gasteiger partial charge in [0, 0.05) is 49.8 Å². The lowest BCUT2D eigenvalue weighted by molar-refractivity contribution is 0.408. The number of aromatic nitrogens is 3. The van der Waals surface area contributed by atoms with Crippen molar-refractivity contribution in [3.63, 3.8) is 0 Å². The van der Waals surface area contributed by atoms with Crippen LogP contribution in [0, 0.1) is 0 Å². The molecule has 0 saturated carbocycles. The SMILES string of the molecule is COc1ccc(N2CCN(c3ncc4c(=O)n(Cc5ccccc5OC)ccc4n3)CC2)cc1. The van der Waals surface area contributed by atoms with E-state index < -0.39 is 0 Å². The van der Waals surface area contributed by atoms with Crippen LogP contribution >= 0.6 is 0 Å². The summed E-state index contributed by atoms with van der Waals surface area (Å²) in [4.78, 5) is 26.8. The molecule has 8 nitrogen and oxygen atoms in total. The minimum atomic E-state index is -0.112. The van der Waals surface area contributed by atoms with Gasteiger partial charge in [0.1, 0.15) is 11.5 Å². The summed E-state index contributed by atoms with van der Waals surface area (Å²) in [5.41, 5.74) is 2.66. The number of fused-ring (bicyclic) bond motifs is 1. The van der Waals surface area contributed by atoms with Crippen molar-refractivity contribution in [2.45, 2.75) is 6.54 Å². The molecule has 1 saturated heterocycles. The third-order valence-electron chi connectivity index (χ3n) is 6.24. The molecule has 0 aliphatic carbocycles. The van der Waals surface area contributed by atoms with Crippen LogP contribution in [0.5, 0.6) is 11.5 Å². The lowest BCUT2D eigenvalue weighted by atomic mass is 10.2. The molecule has 0 N–H and O–H groups in total. The van der Waals surface area contributed by atoms with Gasteiger partial charge in [0.2, 0.25) is 5.95 Å². The number of methoxy groups -OCH3 is 2. The molecule has 34 heavy (non-hydrogen) atoms. The highest BCUT2D eigenvalue weighted by Gasteiger charge is 2.20. The Balaban J connectivity index is 1.32. The van der Waals surface area contributed by atoms with Crippen LogP contribution < -0.4 is 24.8 Å². The molecule has 174 valence electrons. The van der Waals surface area contributed by atoms with Gasteiger partial charge in [-0.1, -0.05) is 18.2 Å². The van der Waals surface area contributed by atoms with Crippen LogP contribution in [0.1, 0.15) is 5.56 Å². The first kappa shape index (κ1) is 21.8. The molecule has 0 unspecified atom stereocenters. The molecule has 0 amide bonds. The number of piperazine rings is 1. The largest absolute Gasteiger partial charge is 0.497 e. The summed E-state index contributed by atoms with van der Waals surface area (Å²) in [6.45, 7) is 3.78. The molecule has 0 spiro atoms. The predicted octanol–water partition coefficient (Wildman–Crippen LogP) is 3.18. The van der Waals surface area contributed by atoms with E-state index in [0.717, 1.165) is 43.2 Å². The first-order valence-corrected chi connectivity index (χ1v) is 11.3. The lowest BCUT2D eigenvalue weighted by Crippen LogP contribution is -2.47. The Bertz CT molecular complexity index is 1340. The fourth-order valence-electron chi connectivity index (χ4n) is 4.31. The molecule has 1 aliphatic heterocycles. The smallest absolute Gasteiger partial charge is 0.261 e. The Hall–Kier alpha value is -4.07. The van der Waals surface area contributed by atoms with Crippen molar-refractivity contribution in [1.82, 2.24) is 14.5 Å². The average Bonchev–Trinajstić information content (AvgIpc) is 2.90. The van der Waals surface area contributed by atoms with Gasteiger partial charge in [-0.25, -0.2) is 9.97 Å². The van der Waals surface area contributed by atoms with Gasteiger partial charge in [0.15, 0.2) is 0 Å². The second-order valence-corrected chi connectivity index (χ2v) is 8.20. The van der Waals surface area contributed by atoms with Gasteiger partial charge in [-0.15, -0.1) is 0 Å².